The molecule has 2 saturated carbocycles. The number of aryl methyl sites for hydroxylation is 1. The fourth-order valence-electron chi connectivity index (χ4n) is 5.54. The summed E-state index contributed by atoms with van der Waals surface area (Å²) in [5, 5.41) is 35.8. The number of aliphatic hydroxyl groups excluding tert-OH is 2. The van der Waals surface area contributed by atoms with Crippen molar-refractivity contribution in [3.05, 3.63) is 29.3 Å². The molecule has 0 heterocycles. The van der Waals surface area contributed by atoms with E-state index in [1.165, 1.54) is 37.3 Å². The summed E-state index contributed by atoms with van der Waals surface area (Å²) < 4.78 is 0. The van der Waals surface area contributed by atoms with Crippen molar-refractivity contribution >= 4 is 5.97 Å². The Hall–Kier alpha value is -1.59. The normalized spacial score (nSPS) is 36.0. The fraction of sp³-hybridized carbons (Fsp3) is 0.667. The van der Waals surface area contributed by atoms with Crippen LogP contribution in [0.5, 0.6) is 5.75 Å². The van der Waals surface area contributed by atoms with Crippen molar-refractivity contribution in [3.8, 4) is 5.75 Å². The highest BCUT2D eigenvalue weighted by atomic mass is 16.4. The molecule has 144 valence electrons. The first kappa shape index (κ1) is 19.2. The van der Waals surface area contributed by atoms with E-state index in [0.29, 0.717) is 17.6 Å². The second-order valence-corrected chi connectivity index (χ2v) is 8.45. The number of carbonyl (C=O) groups is 1. The second-order valence-electron chi connectivity index (χ2n) is 8.45. The summed E-state index contributed by atoms with van der Waals surface area (Å²) in [6.45, 7) is 3.51. The lowest BCUT2D eigenvalue weighted by atomic mass is 9.55. The predicted octanol–water partition coefficient (Wildman–Crippen LogP) is 3.06. The van der Waals surface area contributed by atoms with E-state index in [4.69, 9.17) is 10.2 Å². The molecule has 2 fully saturated rings. The molecule has 26 heavy (non-hydrogen) atoms. The molecular formula is C21H30O5. The zero-order valence-electron chi connectivity index (χ0n) is 15.6. The van der Waals surface area contributed by atoms with E-state index < -0.39 is 12.1 Å². The molecular weight excluding hydrogens is 332 g/mol. The monoisotopic (exact) mass is 362 g/mol. The van der Waals surface area contributed by atoms with E-state index >= 15 is 0 Å². The van der Waals surface area contributed by atoms with Crippen LogP contribution >= 0.6 is 0 Å². The summed E-state index contributed by atoms with van der Waals surface area (Å²) in [5.74, 6) is 1.30. The smallest absolute Gasteiger partial charge is 0.332 e. The van der Waals surface area contributed by atoms with Crippen LogP contribution in [0.4, 0.5) is 0 Å². The summed E-state index contributed by atoms with van der Waals surface area (Å²) in [6.07, 6.45) is 5.55. The van der Waals surface area contributed by atoms with Gasteiger partial charge in [0.1, 0.15) is 11.9 Å². The van der Waals surface area contributed by atoms with E-state index in [2.05, 4.69) is 13.0 Å². The van der Waals surface area contributed by atoms with E-state index in [9.17, 15) is 15.0 Å². The Morgan fingerprint density at radius 1 is 1.23 bits per heavy atom. The number of phenolic OH excluding ortho intramolecular Hbond substituents is 1. The Kier molecular flexibility index (Phi) is 5.31. The second kappa shape index (κ2) is 7.20. The summed E-state index contributed by atoms with van der Waals surface area (Å²) in [4.78, 5) is 9.45. The van der Waals surface area contributed by atoms with Crippen LogP contribution < -0.4 is 0 Å². The minimum absolute atomic E-state index is 0.0883. The van der Waals surface area contributed by atoms with Crippen molar-refractivity contribution in [2.24, 2.45) is 17.3 Å². The van der Waals surface area contributed by atoms with Crippen LogP contribution in [0.15, 0.2) is 18.2 Å². The van der Waals surface area contributed by atoms with Gasteiger partial charge in [-0.3, -0.25) is 0 Å². The van der Waals surface area contributed by atoms with Gasteiger partial charge in [-0.2, -0.15) is 0 Å². The molecule has 0 aliphatic heterocycles. The first-order valence-electron chi connectivity index (χ1n) is 9.64. The van der Waals surface area contributed by atoms with Gasteiger partial charge >= 0.3 is 5.97 Å². The van der Waals surface area contributed by atoms with Crippen LogP contribution in [0, 0.1) is 17.3 Å². The molecule has 0 amide bonds. The van der Waals surface area contributed by atoms with Crippen molar-refractivity contribution in [3.63, 3.8) is 0 Å². The molecule has 1 aromatic rings. The summed E-state index contributed by atoms with van der Waals surface area (Å²) in [5.41, 5.74) is 2.99. The maximum atomic E-state index is 10.4. The van der Waals surface area contributed by atoms with Crippen LogP contribution in [0.3, 0.4) is 0 Å². The van der Waals surface area contributed by atoms with Crippen molar-refractivity contribution in [2.75, 3.05) is 0 Å². The van der Waals surface area contributed by atoms with Gasteiger partial charge in [-0.05, 0) is 91.9 Å². The van der Waals surface area contributed by atoms with Crippen LogP contribution in [0.2, 0.25) is 0 Å². The topological polar surface area (TPSA) is 98.0 Å². The molecule has 0 spiro atoms. The third-order valence-electron chi connectivity index (χ3n) is 7.02. The molecule has 0 saturated heterocycles. The van der Waals surface area contributed by atoms with Gasteiger partial charge in [0.25, 0.3) is 0 Å². The third-order valence-corrected chi connectivity index (χ3v) is 7.02. The van der Waals surface area contributed by atoms with Crippen molar-refractivity contribution in [1.82, 2.24) is 0 Å². The van der Waals surface area contributed by atoms with Gasteiger partial charge in [-0.25, -0.2) is 4.79 Å². The van der Waals surface area contributed by atoms with Gasteiger partial charge in [0.05, 0.1) is 6.10 Å². The lowest BCUT2D eigenvalue weighted by Crippen LogP contribution is -2.43. The lowest BCUT2D eigenvalue weighted by molar-refractivity contribution is -0.145. The molecule has 1 aromatic carbocycles. The van der Waals surface area contributed by atoms with Gasteiger partial charge < -0.3 is 20.4 Å². The zero-order valence-corrected chi connectivity index (χ0v) is 15.6. The van der Waals surface area contributed by atoms with Gasteiger partial charge in [-0.1, -0.05) is 13.0 Å². The molecule has 3 aliphatic rings. The number of rotatable bonds is 1. The Labute approximate surface area is 154 Å². The Balaban J connectivity index is 0.000000286. The minimum Gasteiger partial charge on any atom is -0.508 e. The molecule has 3 aliphatic carbocycles. The average Bonchev–Trinajstić information content (AvgIpc) is 2.90. The molecule has 0 bridgehead atoms. The number of aromatic hydroxyl groups is 1. The number of carboxylic acid groups (broad SMARTS) is 1. The van der Waals surface area contributed by atoms with Crippen molar-refractivity contribution in [1.29, 1.82) is 0 Å². The number of phenols is 1. The van der Waals surface area contributed by atoms with Gasteiger partial charge in [0, 0.05) is 0 Å². The quantitative estimate of drug-likeness (QED) is 0.615. The number of hydrogen-bond donors (Lipinski definition) is 4. The molecule has 6 atom stereocenters. The van der Waals surface area contributed by atoms with Gasteiger partial charge in [0.2, 0.25) is 0 Å². The Morgan fingerprint density at radius 2 is 1.92 bits per heavy atom. The first-order chi connectivity index (χ1) is 12.2. The standard InChI is InChI=1S/C18H24O2.C3H6O3/c1-18-9-8-14-13-5-3-12(19)10-11(13)2-4-15(14)16(18)6-7-17(18)20;1-2(4)3(5)6/h3,5,10,14-17,19-20H,2,4,6-9H2,1H3;2,4H,1H3,(H,5,6)/t14-,15-,16+,17+,18+;/m1./s1. The highest BCUT2D eigenvalue weighted by Gasteiger charge is 2.54. The summed E-state index contributed by atoms with van der Waals surface area (Å²) >= 11 is 0. The van der Waals surface area contributed by atoms with Crippen LogP contribution in [0.1, 0.15) is 63.0 Å². The van der Waals surface area contributed by atoms with Crippen LogP contribution in [-0.4, -0.2) is 38.6 Å². The summed E-state index contributed by atoms with van der Waals surface area (Å²) in [7, 11) is 0. The van der Waals surface area contributed by atoms with E-state index in [0.717, 1.165) is 25.2 Å². The largest absolute Gasteiger partial charge is 0.508 e. The molecule has 0 aromatic heterocycles. The van der Waals surface area contributed by atoms with E-state index in [-0.39, 0.29) is 11.5 Å². The number of hydrogen-bond acceptors (Lipinski definition) is 4. The average molecular weight is 362 g/mol. The molecule has 5 nitrogen and oxygen atoms in total. The fourth-order valence-corrected chi connectivity index (χ4v) is 5.54. The highest BCUT2D eigenvalue weighted by Crippen LogP contribution is 2.60. The van der Waals surface area contributed by atoms with Crippen LogP contribution in [-0.2, 0) is 11.2 Å². The van der Waals surface area contributed by atoms with E-state index in [1.807, 2.05) is 12.1 Å². The highest BCUT2D eigenvalue weighted by molar-refractivity contribution is 5.71. The Bertz CT molecular complexity index is 670. The zero-order chi connectivity index (χ0) is 19.1. The SMILES string of the molecule is CC(O)C(=O)O.C[C@]12CC[C@@H]3c4ccc(O)cc4CC[C@H]3[C@@H]1CC[C@@H]2O. The molecule has 4 N–H and O–H groups in total. The molecule has 4 rings (SSSR count). The molecule has 1 unspecified atom stereocenters. The number of carboxylic acids is 1. The van der Waals surface area contributed by atoms with Gasteiger partial charge in [0.15, 0.2) is 0 Å². The maximum absolute atomic E-state index is 10.4. The number of fused-ring (bicyclic) bond motifs is 5. The number of aliphatic carboxylic acids is 1. The minimum atomic E-state index is -1.23. The Morgan fingerprint density at radius 3 is 2.58 bits per heavy atom. The lowest BCUT2D eigenvalue weighted by Gasteiger charge is -2.50. The molecule has 0 radical (unpaired) electrons. The number of benzene rings is 1. The predicted molar refractivity (Wildman–Crippen MR) is 98.0 cm³/mol. The third kappa shape index (κ3) is 3.35. The van der Waals surface area contributed by atoms with Crippen LogP contribution in [0.25, 0.3) is 0 Å². The molecule has 5 heteroatoms. The van der Waals surface area contributed by atoms with Crippen molar-refractivity contribution in [2.45, 2.75) is 70.5 Å². The number of aliphatic hydroxyl groups is 2. The van der Waals surface area contributed by atoms with E-state index in [1.54, 1.807) is 0 Å². The first-order valence-corrected chi connectivity index (χ1v) is 9.64. The van der Waals surface area contributed by atoms with Gasteiger partial charge in [-0.15, -0.1) is 0 Å². The maximum Gasteiger partial charge on any atom is 0.332 e. The van der Waals surface area contributed by atoms with Crippen molar-refractivity contribution < 1.29 is 25.2 Å². The summed E-state index contributed by atoms with van der Waals surface area (Å²) in [6, 6.07) is 5.96.